The minimum atomic E-state index is -0.454. The van der Waals surface area contributed by atoms with Gasteiger partial charge in [0, 0.05) is 7.97 Å². The van der Waals surface area contributed by atoms with Crippen molar-refractivity contribution in [3.8, 4) is 0 Å². The lowest BCUT2D eigenvalue weighted by Crippen LogP contribution is -2.26. The molecule has 0 aromatic carbocycles. The van der Waals surface area contributed by atoms with Gasteiger partial charge in [-0.1, -0.05) is 61.8 Å². The summed E-state index contributed by atoms with van der Waals surface area (Å²) in [6.07, 6.45) is 14.1. The fraction of sp³-hybridized carbons (Fsp3) is 0.235. The Morgan fingerprint density at radius 1 is 1.25 bits per heavy atom. The Balaban J connectivity index is 0. The molecule has 0 rings (SSSR count). The third kappa shape index (κ3) is 8.75. The van der Waals surface area contributed by atoms with E-state index in [0.717, 1.165) is 11.1 Å². The first-order valence-electron chi connectivity index (χ1n) is 6.47. The number of hydrogen-bond acceptors (Lipinski definition) is 2. The molecule has 20 heavy (non-hydrogen) atoms. The largest absolute Gasteiger partial charge is 0.445 e. The van der Waals surface area contributed by atoms with Crippen molar-refractivity contribution in [3.05, 3.63) is 72.9 Å². The molecule has 0 aliphatic heterocycles. The molecule has 0 aromatic heterocycles. The molecule has 0 saturated heterocycles. The van der Waals surface area contributed by atoms with Crippen LogP contribution in [0, 0.1) is 0 Å². The summed E-state index contributed by atoms with van der Waals surface area (Å²) in [6.45, 7) is 11.7. The van der Waals surface area contributed by atoms with Crippen LogP contribution in [0.4, 0.5) is 4.79 Å². The monoisotopic (exact) mass is 275 g/mol. The number of amides is 1. The number of nitrogens with one attached hydrogen (secondary N) is 1. The predicted molar refractivity (Wildman–Crippen MR) is 87.7 cm³/mol. The second-order valence-electron chi connectivity index (χ2n) is 3.86. The van der Waals surface area contributed by atoms with E-state index in [1.165, 1.54) is 0 Å². The summed E-state index contributed by atoms with van der Waals surface area (Å²) >= 11 is 0. The summed E-state index contributed by atoms with van der Waals surface area (Å²) in [5, 5.41) is 2.68. The minimum Gasteiger partial charge on any atom is -0.445 e. The van der Waals surface area contributed by atoms with E-state index in [1.807, 2.05) is 50.3 Å². The van der Waals surface area contributed by atoms with Gasteiger partial charge in [0.15, 0.2) is 0 Å². The molecule has 3 heteroatoms. The van der Waals surface area contributed by atoms with Gasteiger partial charge in [0.2, 0.25) is 0 Å². The Kier molecular flexibility index (Phi) is 10.4. The number of carbonyl (C=O) groups excluding carboxylic acids is 1. The first kappa shape index (κ1) is 17.7. The van der Waals surface area contributed by atoms with Crippen molar-refractivity contribution in [3.63, 3.8) is 0 Å². The van der Waals surface area contributed by atoms with Crippen molar-refractivity contribution in [2.75, 3.05) is 13.2 Å². The second kappa shape index (κ2) is 11.8. The van der Waals surface area contributed by atoms with Gasteiger partial charge < -0.3 is 10.1 Å². The molecule has 0 spiro atoms. The van der Waals surface area contributed by atoms with Crippen LogP contribution < -0.4 is 5.32 Å². The first-order valence-corrected chi connectivity index (χ1v) is 6.47. The highest BCUT2D eigenvalue weighted by Gasteiger charge is 2.02. The molecule has 1 amide bonds. The van der Waals surface area contributed by atoms with Crippen molar-refractivity contribution in [1.82, 2.24) is 5.32 Å². The highest BCUT2D eigenvalue weighted by atomic mass is 16.5. The van der Waals surface area contributed by atoms with Crippen LogP contribution in [0.1, 0.15) is 15.3 Å². The second-order valence-corrected chi connectivity index (χ2v) is 3.86. The van der Waals surface area contributed by atoms with Crippen LogP contribution in [0.2, 0.25) is 0 Å². The number of hydrogen-bond donors (Lipinski definition) is 1. The summed E-state index contributed by atoms with van der Waals surface area (Å²) in [7, 11) is 0. The zero-order valence-corrected chi connectivity index (χ0v) is 12.3. The lowest BCUT2D eigenvalue weighted by molar-refractivity contribution is 0.157. The quantitative estimate of drug-likeness (QED) is 0.669. The average molecular weight is 275 g/mol. The molecule has 0 aromatic rings. The SMILES string of the molecule is C=C/C=C\C(=C/C)CNC(=O)OC/C(C=C)=C/C=C\C.[HH]. The van der Waals surface area contributed by atoms with Gasteiger partial charge in [0.25, 0.3) is 0 Å². The zero-order chi connectivity index (χ0) is 15.2. The van der Waals surface area contributed by atoms with E-state index in [4.69, 9.17) is 4.74 Å². The van der Waals surface area contributed by atoms with Gasteiger partial charge in [-0.3, -0.25) is 0 Å². The van der Waals surface area contributed by atoms with Gasteiger partial charge in [0.1, 0.15) is 6.61 Å². The highest BCUT2D eigenvalue weighted by Crippen LogP contribution is 1.99. The van der Waals surface area contributed by atoms with E-state index in [-0.39, 0.29) is 8.03 Å². The molecule has 0 unspecified atom stereocenters. The Hall–Kier alpha value is -2.29. The van der Waals surface area contributed by atoms with Crippen LogP contribution in [0.25, 0.3) is 0 Å². The van der Waals surface area contributed by atoms with Crippen molar-refractivity contribution >= 4 is 6.09 Å². The summed E-state index contributed by atoms with van der Waals surface area (Å²) < 4.78 is 5.10. The normalized spacial score (nSPS) is 12.7. The average Bonchev–Trinajstić information content (AvgIpc) is 2.47. The van der Waals surface area contributed by atoms with Crippen molar-refractivity contribution < 1.29 is 11.0 Å². The molecule has 110 valence electrons. The maximum Gasteiger partial charge on any atom is 0.407 e. The lowest BCUT2D eigenvalue weighted by atomic mass is 10.2. The molecule has 1 N–H and O–H groups in total. The smallest absolute Gasteiger partial charge is 0.407 e. The van der Waals surface area contributed by atoms with Gasteiger partial charge in [-0.05, 0) is 25.0 Å². The molecule has 3 nitrogen and oxygen atoms in total. The summed E-state index contributed by atoms with van der Waals surface area (Å²) in [4.78, 5) is 11.5. The van der Waals surface area contributed by atoms with Crippen LogP contribution >= 0.6 is 0 Å². The van der Waals surface area contributed by atoms with Gasteiger partial charge in [0.05, 0.1) is 0 Å². The molecular formula is C17H25NO2. The zero-order valence-electron chi connectivity index (χ0n) is 12.3. The predicted octanol–water partition coefficient (Wildman–Crippen LogP) is 4.34. The number of carbonyl (C=O) groups is 1. The maximum atomic E-state index is 11.5. The fourth-order valence-corrected chi connectivity index (χ4v) is 1.22. The molecule has 0 atom stereocenters. The third-order valence-electron chi connectivity index (χ3n) is 2.39. The van der Waals surface area contributed by atoms with E-state index in [0.29, 0.717) is 6.54 Å². The van der Waals surface area contributed by atoms with E-state index in [9.17, 15) is 4.79 Å². The molecule has 0 aliphatic carbocycles. The van der Waals surface area contributed by atoms with E-state index < -0.39 is 6.09 Å². The molecule has 0 saturated carbocycles. The Morgan fingerprint density at radius 2 is 2.00 bits per heavy atom. The number of allylic oxidation sites excluding steroid dienone is 6. The van der Waals surface area contributed by atoms with Gasteiger partial charge in [-0.15, -0.1) is 0 Å². The Bertz CT molecular complexity index is 446. The van der Waals surface area contributed by atoms with Crippen LogP contribution in [-0.4, -0.2) is 19.2 Å². The maximum absolute atomic E-state index is 11.5. The fourth-order valence-electron chi connectivity index (χ4n) is 1.22. The lowest BCUT2D eigenvalue weighted by Gasteiger charge is -2.07. The number of rotatable bonds is 8. The van der Waals surface area contributed by atoms with Crippen molar-refractivity contribution in [1.29, 1.82) is 0 Å². The van der Waals surface area contributed by atoms with E-state index >= 15 is 0 Å². The molecule has 0 heterocycles. The summed E-state index contributed by atoms with van der Waals surface area (Å²) in [6, 6.07) is 0. The van der Waals surface area contributed by atoms with E-state index in [2.05, 4.69) is 18.5 Å². The molecule has 0 aliphatic rings. The van der Waals surface area contributed by atoms with E-state index in [1.54, 1.807) is 12.2 Å². The topological polar surface area (TPSA) is 38.3 Å². The van der Waals surface area contributed by atoms with Crippen molar-refractivity contribution in [2.45, 2.75) is 13.8 Å². The van der Waals surface area contributed by atoms with Gasteiger partial charge in [-0.2, -0.15) is 0 Å². The molecular weight excluding hydrogens is 250 g/mol. The highest BCUT2D eigenvalue weighted by molar-refractivity contribution is 5.68. The standard InChI is InChI=1S/C17H23NO2.H2/c1-5-9-11-15(7-3)13-18-17(19)20-14-16(8-4)12-10-6-2;/h5-12H,1,4,13-14H2,2-3H3,(H,18,19);1H/b10-6-,11-9-,15-7+,16-12+;. The van der Waals surface area contributed by atoms with Crippen LogP contribution in [-0.2, 0) is 4.74 Å². The van der Waals surface area contributed by atoms with Gasteiger partial charge in [-0.25, -0.2) is 4.79 Å². The van der Waals surface area contributed by atoms with Crippen molar-refractivity contribution in [2.24, 2.45) is 0 Å². The summed E-state index contributed by atoms with van der Waals surface area (Å²) in [5.41, 5.74) is 1.83. The Labute approximate surface area is 123 Å². The van der Waals surface area contributed by atoms with Crippen LogP contribution in [0.15, 0.2) is 72.9 Å². The number of alkyl carbamates (subject to hydrolysis) is 1. The third-order valence-corrected chi connectivity index (χ3v) is 2.39. The minimum absolute atomic E-state index is 0. The first-order chi connectivity index (χ1) is 9.67. The molecule has 0 radical (unpaired) electrons. The van der Waals surface area contributed by atoms with Crippen LogP contribution in [0.3, 0.4) is 0 Å². The molecule has 0 bridgehead atoms. The Morgan fingerprint density at radius 3 is 2.55 bits per heavy atom. The summed E-state index contributed by atoms with van der Waals surface area (Å²) in [5.74, 6) is 0. The molecule has 0 fully saturated rings. The number of ether oxygens (including phenoxy) is 1. The van der Waals surface area contributed by atoms with Gasteiger partial charge >= 0.3 is 6.09 Å². The van der Waals surface area contributed by atoms with Crippen LogP contribution in [0.5, 0.6) is 0 Å².